The number of alkyl halides is 3. The number of β-amino-alcohol motifs (C(OH)–C–C–N with tert-alkyl or cyclic N) is 1. The van der Waals surface area contributed by atoms with Crippen LogP contribution in [0.4, 0.5) is 13.2 Å². The van der Waals surface area contributed by atoms with E-state index in [4.69, 9.17) is 11.6 Å². The Labute approximate surface area is 219 Å². The lowest BCUT2D eigenvalue weighted by molar-refractivity contribution is -0.137. The zero-order valence-electron chi connectivity index (χ0n) is 21.7. The highest BCUT2D eigenvalue weighted by atomic mass is 35.5. The average molecular weight is 524 g/mol. The van der Waals surface area contributed by atoms with Crippen molar-refractivity contribution in [3.05, 3.63) is 70.2 Å². The summed E-state index contributed by atoms with van der Waals surface area (Å²) in [5.74, 6) is 0.506. The van der Waals surface area contributed by atoms with Gasteiger partial charge in [-0.25, -0.2) is 0 Å². The Kier molecular flexibility index (Phi) is 10.7. The van der Waals surface area contributed by atoms with Crippen LogP contribution in [-0.2, 0) is 18.0 Å². The predicted octanol–water partition coefficient (Wildman–Crippen LogP) is 8.29. The van der Waals surface area contributed by atoms with Crippen LogP contribution >= 0.6 is 11.6 Å². The number of halogens is 4. The molecule has 1 N–H and O–H groups in total. The number of aliphatic hydroxyl groups excluding tert-OH is 1. The largest absolute Gasteiger partial charge is 0.416 e. The van der Waals surface area contributed by atoms with E-state index in [0.717, 1.165) is 63.6 Å². The standard InChI is InChI=1S/C26H31ClF3NO.C4H10/c27-23-12-10-21(11-13-23)25(14-2-15-25)24(32)18-31-16-1-3-20(17-31)5-4-19-6-8-22(9-7-19)26(28,29)30;1-3-4-2/h6-13,20,24,32H,1-5,14-18H2;3-4H2,1-2H3. The first kappa shape index (κ1) is 29.0. The molecule has 2 fully saturated rings. The van der Waals surface area contributed by atoms with Crippen LogP contribution in [0, 0.1) is 5.92 Å². The molecule has 2 aromatic carbocycles. The van der Waals surface area contributed by atoms with Crippen LogP contribution in [0.15, 0.2) is 48.5 Å². The molecule has 36 heavy (non-hydrogen) atoms. The second kappa shape index (κ2) is 13.3. The Balaban J connectivity index is 0.000000840. The maximum Gasteiger partial charge on any atom is 0.416 e. The number of nitrogens with zero attached hydrogens (tertiary/aromatic N) is 1. The van der Waals surface area contributed by atoms with Crippen LogP contribution in [0.5, 0.6) is 0 Å². The fourth-order valence-corrected chi connectivity index (χ4v) is 5.48. The SMILES string of the molecule is CCCC.OC(CN1CCCC(CCc2ccc(C(F)(F)F)cc2)C1)C1(c2ccc(Cl)cc2)CCC1. The van der Waals surface area contributed by atoms with Crippen molar-refractivity contribution in [1.82, 2.24) is 4.90 Å². The lowest BCUT2D eigenvalue weighted by atomic mass is 9.61. The third-order valence-electron chi connectivity index (χ3n) is 7.96. The molecule has 2 atom stereocenters. The highest BCUT2D eigenvalue weighted by Crippen LogP contribution is 2.47. The van der Waals surface area contributed by atoms with Crippen LogP contribution < -0.4 is 0 Å². The number of unbranched alkanes of at least 4 members (excludes halogenated alkanes) is 1. The summed E-state index contributed by atoms with van der Waals surface area (Å²) in [4.78, 5) is 2.38. The Bertz CT molecular complexity index is 907. The average Bonchev–Trinajstić information content (AvgIpc) is 2.83. The molecular formula is C30H41ClF3NO. The highest BCUT2D eigenvalue weighted by molar-refractivity contribution is 6.30. The van der Waals surface area contributed by atoms with Crippen molar-refractivity contribution < 1.29 is 18.3 Å². The first-order valence-electron chi connectivity index (χ1n) is 13.5. The number of aryl methyl sites for hydroxylation is 1. The van der Waals surface area contributed by atoms with E-state index in [9.17, 15) is 18.3 Å². The molecule has 1 saturated heterocycles. The Morgan fingerprint density at radius 2 is 1.64 bits per heavy atom. The molecular weight excluding hydrogens is 483 g/mol. The molecule has 0 spiro atoms. The second-order valence-electron chi connectivity index (χ2n) is 10.5. The Morgan fingerprint density at radius 3 is 2.17 bits per heavy atom. The summed E-state index contributed by atoms with van der Waals surface area (Å²) in [5, 5.41) is 11.9. The van der Waals surface area contributed by atoms with Gasteiger partial charge in [0.25, 0.3) is 0 Å². The minimum absolute atomic E-state index is 0.169. The van der Waals surface area contributed by atoms with E-state index in [1.807, 2.05) is 24.3 Å². The summed E-state index contributed by atoms with van der Waals surface area (Å²) < 4.78 is 38.3. The first-order chi connectivity index (χ1) is 17.2. The summed E-state index contributed by atoms with van der Waals surface area (Å²) in [7, 11) is 0. The molecule has 1 aliphatic heterocycles. The fourth-order valence-electron chi connectivity index (χ4n) is 5.36. The number of benzene rings is 2. The van der Waals surface area contributed by atoms with Gasteiger partial charge in [-0.05, 0) is 86.4 Å². The van der Waals surface area contributed by atoms with E-state index in [-0.39, 0.29) is 5.41 Å². The monoisotopic (exact) mass is 523 g/mol. The van der Waals surface area contributed by atoms with Crippen molar-refractivity contribution in [2.45, 2.75) is 89.3 Å². The Hall–Kier alpha value is -1.56. The van der Waals surface area contributed by atoms with Crippen molar-refractivity contribution >= 4 is 11.6 Å². The predicted molar refractivity (Wildman–Crippen MR) is 142 cm³/mol. The summed E-state index contributed by atoms with van der Waals surface area (Å²) >= 11 is 6.06. The molecule has 200 valence electrons. The van der Waals surface area contributed by atoms with E-state index < -0.39 is 17.8 Å². The molecule has 1 saturated carbocycles. The normalized spacial score (nSPS) is 20.7. The maximum atomic E-state index is 12.8. The minimum Gasteiger partial charge on any atom is -0.391 e. The van der Waals surface area contributed by atoms with Gasteiger partial charge in [0.15, 0.2) is 0 Å². The van der Waals surface area contributed by atoms with Gasteiger partial charge in [0.05, 0.1) is 11.7 Å². The molecule has 1 heterocycles. The van der Waals surface area contributed by atoms with Crippen molar-refractivity contribution in [3.8, 4) is 0 Å². The van der Waals surface area contributed by atoms with E-state index in [2.05, 4.69) is 18.7 Å². The number of hydrogen-bond donors (Lipinski definition) is 1. The van der Waals surface area contributed by atoms with Gasteiger partial charge < -0.3 is 10.0 Å². The smallest absolute Gasteiger partial charge is 0.391 e. The zero-order chi connectivity index (χ0) is 26.2. The van der Waals surface area contributed by atoms with E-state index in [1.54, 1.807) is 12.1 Å². The molecule has 2 aliphatic rings. The van der Waals surface area contributed by atoms with Gasteiger partial charge in [-0.15, -0.1) is 0 Å². The third kappa shape index (κ3) is 7.72. The highest BCUT2D eigenvalue weighted by Gasteiger charge is 2.45. The van der Waals surface area contributed by atoms with Crippen LogP contribution in [0.25, 0.3) is 0 Å². The second-order valence-corrected chi connectivity index (χ2v) is 11.0. The van der Waals surface area contributed by atoms with Gasteiger partial charge in [0.1, 0.15) is 0 Å². The van der Waals surface area contributed by atoms with Gasteiger partial charge in [0, 0.05) is 23.5 Å². The maximum absolute atomic E-state index is 12.8. The van der Waals surface area contributed by atoms with Crippen molar-refractivity contribution in [1.29, 1.82) is 0 Å². The molecule has 1 aliphatic carbocycles. The summed E-state index contributed by atoms with van der Waals surface area (Å²) in [6.07, 6.45) is 5.05. The minimum atomic E-state index is -4.28. The molecule has 2 nitrogen and oxygen atoms in total. The molecule has 0 aromatic heterocycles. The van der Waals surface area contributed by atoms with Gasteiger partial charge in [0.2, 0.25) is 0 Å². The van der Waals surface area contributed by atoms with Crippen molar-refractivity contribution in [2.24, 2.45) is 5.92 Å². The van der Waals surface area contributed by atoms with Crippen molar-refractivity contribution in [2.75, 3.05) is 19.6 Å². The number of likely N-dealkylation sites (tertiary alicyclic amines) is 1. The lowest BCUT2D eigenvalue weighted by Gasteiger charge is -2.48. The van der Waals surface area contributed by atoms with Gasteiger partial charge in [-0.3, -0.25) is 0 Å². The molecule has 4 rings (SSSR count). The van der Waals surface area contributed by atoms with Crippen LogP contribution in [0.2, 0.25) is 5.02 Å². The van der Waals surface area contributed by atoms with Gasteiger partial charge >= 0.3 is 6.18 Å². The quantitative estimate of drug-likeness (QED) is 0.376. The van der Waals surface area contributed by atoms with Crippen molar-refractivity contribution in [3.63, 3.8) is 0 Å². The van der Waals surface area contributed by atoms with Gasteiger partial charge in [-0.2, -0.15) is 13.2 Å². The third-order valence-corrected chi connectivity index (χ3v) is 8.21. The fraction of sp³-hybridized carbons (Fsp3) is 0.600. The number of hydrogen-bond acceptors (Lipinski definition) is 2. The Morgan fingerprint density at radius 1 is 1.00 bits per heavy atom. The van der Waals surface area contributed by atoms with Crippen LogP contribution in [0.3, 0.4) is 0 Å². The number of aliphatic hydroxyl groups is 1. The molecule has 2 aromatic rings. The van der Waals surface area contributed by atoms with Crippen LogP contribution in [0.1, 0.15) is 81.9 Å². The lowest BCUT2D eigenvalue weighted by Crippen LogP contribution is -2.52. The van der Waals surface area contributed by atoms with E-state index in [1.165, 1.54) is 30.5 Å². The van der Waals surface area contributed by atoms with E-state index in [0.29, 0.717) is 17.5 Å². The topological polar surface area (TPSA) is 23.5 Å². The molecule has 0 bridgehead atoms. The molecule has 0 radical (unpaired) electrons. The summed E-state index contributed by atoms with van der Waals surface area (Å²) in [6.45, 7) is 6.96. The van der Waals surface area contributed by atoms with Gasteiger partial charge in [-0.1, -0.05) is 69.0 Å². The summed E-state index contributed by atoms with van der Waals surface area (Å²) in [6, 6.07) is 13.5. The first-order valence-corrected chi connectivity index (χ1v) is 13.9. The molecule has 2 unspecified atom stereocenters. The zero-order valence-corrected chi connectivity index (χ0v) is 22.4. The number of rotatable bonds is 8. The van der Waals surface area contributed by atoms with Crippen LogP contribution in [-0.4, -0.2) is 35.7 Å². The summed E-state index contributed by atoms with van der Waals surface area (Å²) in [5.41, 5.74) is 1.37. The molecule has 6 heteroatoms. The van der Waals surface area contributed by atoms with E-state index >= 15 is 0 Å². The number of piperidine rings is 1. The molecule has 0 amide bonds.